The predicted octanol–water partition coefficient (Wildman–Crippen LogP) is 0.217. The van der Waals surface area contributed by atoms with E-state index in [1.165, 1.54) is 4.90 Å². The molecule has 5 unspecified atom stereocenters. The van der Waals surface area contributed by atoms with Gasteiger partial charge in [-0.3, -0.25) is 19.5 Å². The molecule has 3 N–H and O–H groups in total. The first kappa shape index (κ1) is 18.8. The van der Waals surface area contributed by atoms with Crippen molar-refractivity contribution in [1.29, 1.82) is 0 Å². The fraction of sp³-hybridized carbons (Fsp3) is 0.737. The van der Waals surface area contributed by atoms with Crippen molar-refractivity contribution in [2.24, 2.45) is 28.7 Å². The third-order valence-electron chi connectivity index (χ3n) is 6.15. The van der Waals surface area contributed by atoms with Crippen LogP contribution in [0.25, 0.3) is 0 Å². The van der Waals surface area contributed by atoms with Crippen molar-refractivity contribution < 1.29 is 14.7 Å². The average molecular weight is 393 g/mol. The van der Waals surface area contributed by atoms with Crippen LogP contribution in [0.1, 0.15) is 19.8 Å². The van der Waals surface area contributed by atoms with Gasteiger partial charge in [-0.2, -0.15) is 11.8 Å². The summed E-state index contributed by atoms with van der Waals surface area (Å²) in [5.74, 6) is 2.50. The molecule has 2 aliphatic heterocycles. The van der Waals surface area contributed by atoms with Gasteiger partial charge in [0.05, 0.1) is 24.0 Å². The summed E-state index contributed by atoms with van der Waals surface area (Å²) >= 11 is 1.75. The highest BCUT2D eigenvalue weighted by Crippen LogP contribution is 2.52. The van der Waals surface area contributed by atoms with E-state index < -0.39 is 5.60 Å². The minimum absolute atomic E-state index is 0.0112. The molecule has 2 bridgehead atoms. The van der Waals surface area contributed by atoms with Crippen molar-refractivity contribution in [3.05, 3.63) is 12.2 Å². The van der Waals surface area contributed by atoms with Crippen LogP contribution in [0.3, 0.4) is 0 Å². The van der Waals surface area contributed by atoms with Crippen LogP contribution in [0, 0.1) is 23.7 Å². The highest BCUT2D eigenvalue weighted by molar-refractivity contribution is 7.99. The normalized spacial score (nSPS) is 37.4. The van der Waals surface area contributed by atoms with Crippen LogP contribution in [-0.2, 0) is 9.59 Å². The third-order valence-corrected chi connectivity index (χ3v) is 7.38. The van der Waals surface area contributed by atoms with Crippen LogP contribution in [0.15, 0.2) is 17.1 Å². The van der Waals surface area contributed by atoms with Crippen molar-refractivity contribution in [3.8, 4) is 0 Å². The van der Waals surface area contributed by atoms with Crippen molar-refractivity contribution >= 4 is 29.5 Å². The van der Waals surface area contributed by atoms with Crippen LogP contribution in [-0.4, -0.2) is 71.1 Å². The molecule has 3 fully saturated rings. The Bertz CT molecular complexity index is 644. The van der Waals surface area contributed by atoms with E-state index >= 15 is 0 Å². The molecule has 2 aliphatic carbocycles. The summed E-state index contributed by atoms with van der Waals surface area (Å²) in [6, 6.07) is 0. The van der Waals surface area contributed by atoms with Crippen LogP contribution in [0.2, 0.25) is 0 Å². The first-order valence-corrected chi connectivity index (χ1v) is 11.0. The number of thioether (sulfide) groups is 1. The van der Waals surface area contributed by atoms with E-state index in [0.29, 0.717) is 37.9 Å². The van der Waals surface area contributed by atoms with Crippen molar-refractivity contribution in [3.63, 3.8) is 0 Å². The molecule has 27 heavy (non-hydrogen) atoms. The molecule has 0 radical (unpaired) electrons. The van der Waals surface area contributed by atoms with Crippen LogP contribution < -0.4 is 10.6 Å². The van der Waals surface area contributed by atoms with Gasteiger partial charge in [0.25, 0.3) is 0 Å². The number of guanidine groups is 1. The first-order chi connectivity index (χ1) is 13.0. The number of carbonyl (C=O) groups is 2. The Labute approximate surface area is 164 Å². The highest BCUT2D eigenvalue weighted by atomic mass is 32.2. The summed E-state index contributed by atoms with van der Waals surface area (Å²) in [5, 5.41) is 16.8. The lowest BCUT2D eigenvalue weighted by atomic mass is 9.85. The zero-order chi connectivity index (χ0) is 19.0. The molecule has 148 valence electrons. The fourth-order valence-corrected chi connectivity index (χ4v) is 6.04. The SMILES string of the molecule is CCNC(=NCC1(O)CCSC1)NCCN1C(=O)C2C3C=CC(C3)C2C1=O. The molecule has 0 aromatic heterocycles. The standard InChI is InChI=1S/C19H28N4O3S/c1-2-20-18(22-10-19(26)5-8-27-11-19)21-6-7-23-16(24)14-12-3-4-13(9-12)15(14)17(23)25/h3-4,12-15,26H,2,5-11H2,1H3,(H2,20,21,22). The predicted molar refractivity (Wildman–Crippen MR) is 105 cm³/mol. The zero-order valence-electron chi connectivity index (χ0n) is 15.7. The summed E-state index contributed by atoms with van der Waals surface area (Å²) in [6.45, 7) is 3.86. The summed E-state index contributed by atoms with van der Waals surface area (Å²) in [7, 11) is 0. The first-order valence-electron chi connectivity index (χ1n) is 9.88. The molecule has 0 aromatic rings. The fourth-order valence-electron chi connectivity index (χ4n) is 4.76. The number of imide groups is 1. The van der Waals surface area contributed by atoms with E-state index in [0.717, 1.165) is 18.6 Å². The van der Waals surface area contributed by atoms with Gasteiger partial charge in [0.15, 0.2) is 5.96 Å². The number of aliphatic hydroxyl groups is 1. The van der Waals surface area contributed by atoms with Crippen molar-refractivity contribution in [1.82, 2.24) is 15.5 Å². The number of rotatable bonds is 6. The lowest BCUT2D eigenvalue weighted by Crippen LogP contribution is -2.44. The zero-order valence-corrected chi connectivity index (χ0v) is 16.5. The topological polar surface area (TPSA) is 94.0 Å². The van der Waals surface area contributed by atoms with E-state index in [-0.39, 0.29) is 35.5 Å². The quantitative estimate of drug-likeness (QED) is 0.259. The number of nitrogens with zero attached hydrogens (tertiary/aromatic N) is 2. The second kappa shape index (κ2) is 7.47. The van der Waals surface area contributed by atoms with Gasteiger partial charge in [-0.05, 0) is 37.4 Å². The minimum Gasteiger partial charge on any atom is -0.387 e. The smallest absolute Gasteiger partial charge is 0.233 e. The van der Waals surface area contributed by atoms with Crippen LogP contribution >= 0.6 is 11.8 Å². The van der Waals surface area contributed by atoms with Gasteiger partial charge in [-0.15, -0.1) is 0 Å². The Morgan fingerprint density at radius 2 is 2.00 bits per heavy atom. The molecule has 4 aliphatic rings. The molecule has 2 amide bonds. The largest absolute Gasteiger partial charge is 0.387 e. The Hall–Kier alpha value is -1.54. The molecule has 0 aromatic carbocycles. The molecule has 1 saturated carbocycles. The number of amides is 2. The number of allylic oxidation sites excluding steroid dienone is 2. The van der Waals surface area contributed by atoms with Gasteiger partial charge in [-0.25, -0.2) is 0 Å². The number of hydrogen-bond donors (Lipinski definition) is 3. The van der Waals surface area contributed by atoms with Gasteiger partial charge in [-0.1, -0.05) is 12.2 Å². The molecule has 7 nitrogen and oxygen atoms in total. The van der Waals surface area contributed by atoms with Crippen LogP contribution in [0.5, 0.6) is 0 Å². The Kier molecular flexibility index (Phi) is 5.20. The number of likely N-dealkylation sites (tertiary alicyclic amines) is 1. The molecule has 2 heterocycles. The maximum absolute atomic E-state index is 12.7. The van der Waals surface area contributed by atoms with E-state index in [1.54, 1.807) is 11.8 Å². The molecule has 4 rings (SSSR count). The summed E-state index contributed by atoms with van der Waals surface area (Å²) in [6.07, 6.45) is 5.94. The average Bonchev–Trinajstić information content (AvgIpc) is 3.41. The highest BCUT2D eigenvalue weighted by Gasteiger charge is 2.58. The maximum Gasteiger partial charge on any atom is 0.233 e. The van der Waals surface area contributed by atoms with Crippen molar-refractivity contribution in [2.75, 3.05) is 37.7 Å². The molecule has 2 saturated heterocycles. The second-order valence-electron chi connectivity index (χ2n) is 7.98. The van der Waals surface area contributed by atoms with Gasteiger partial charge in [0, 0.05) is 25.4 Å². The van der Waals surface area contributed by atoms with Crippen LogP contribution in [0.4, 0.5) is 0 Å². The summed E-state index contributed by atoms with van der Waals surface area (Å²) < 4.78 is 0. The van der Waals surface area contributed by atoms with E-state index in [4.69, 9.17) is 0 Å². The van der Waals surface area contributed by atoms with E-state index in [2.05, 4.69) is 27.8 Å². The van der Waals surface area contributed by atoms with Gasteiger partial charge >= 0.3 is 0 Å². The maximum atomic E-state index is 12.7. The number of carbonyl (C=O) groups excluding carboxylic acids is 2. The number of fused-ring (bicyclic) bond motifs is 5. The lowest BCUT2D eigenvalue weighted by Gasteiger charge is -2.21. The molecule has 8 heteroatoms. The molecular formula is C19H28N4O3S. The van der Waals surface area contributed by atoms with Gasteiger partial charge in [0.1, 0.15) is 0 Å². The Morgan fingerprint density at radius 1 is 1.30 bits per heavy atom. The summed E-state index contributed by atoms with van der Waals surface area (Å²) in [4.78, 5) is 31.3. The number of nitrogens with one attached hydrogen (secondary N) is 2. The number of hydrogen-bond acceptors (Lipinski definition) is 5. The molecular weight excluding hydrogens is 364 g/mol. The number of aliphatic imine (C=N–C) groups is 1. The monoisotopic (exact) mass is 392 g/mol. The van der Waals surface area contributed by atoms with E-state index in [1.807, 2.05) is 6.92 Å². The molecule has 0 spiro atoms. The van der Waals surface area contributed by atoms with E-state index in [9.17, 15) is 14.7 Å². The van der Waals surface area contributed by atoms with Gasteiger partial charge in [0.2, 0.25) is 11.8 Å². The lowest BCUT2D eigenvalue weighted by molar-refractivity contribution is -0.140. The van der Waals surface area contributed by atoms with Gasteiger partial charge < -0.3 is 15.7 Å². The summed E-state index contributed by atoms with van der Waals surface area (Å²) in [5.41, 5.74) is -0.725. The second-order valence-corrected chi connectivity index (χ2v) is 9.08. The molecule has 5 atom stereocenters. The Balaban J connectivity index is 1.31. The Morgan fingerprint density at radius 3 is 2.59 bits per heavy atom. The third kappa shape index (κ3) is 3.49. The minimum atomic E-state index is -0.725. The van der Waals surface area contributed by atoms with Crippen molar-refractivity contribution in [2.45, 2.75) is 25.4 Å².